The lowest BCUT2D eigenvalue weighted by molar-refractivity contribution is 0.0833. The van der Waals surface area contributed by atoms with E-state index in [4.69, 9.17) is 0 Å². The van der Waals surface area contributed by atoms with E-state index in [1.165, 1.54) is 6.07 Å². The highest BCUT2D eigenvalue weighted by atomic mass is 32.2. The van der Waals surface area contributed by atoms with Gasteiger partial charge in [-0.3, -0.25) is 14.7 Å². The van der Waals surface area contributed by atoms with Gasteiger partial charge in [-0.1, -0.05) is 0 Å². The number of aliphatic imine (C=N–C) groups is 1. The SMILES string of the molecule is Cc1nc(C)c(CN2C(=O)c3cc(S(=O)(=O)NC4CC4)ccc3N3C2=NCC3C)s1. The smallest absolute Gasteiger partial charge is 0.263 e. The van der Waals surface area contributed by atoms with E-state index in [-0.39, 0.29) is 22.9 Å². The highest BCUT2D eigenvalue weighted by molar-refractivity contribution is 7.89. The van der Waals surface area contributed by atoms with Crippen molar-refractivity contribution in [1.29, 1.82) is 0 Å². The topological polar surface area (TPSA) is 95.0 Å². The molecule has 0 spiro atoms. The summed E-state index contributed by atoms with van der Waals surface area (Å²) in [5.41, 5.74) is 2.00. The van der Waals surface area contributed by atoms with Gasteiger partial charge < -0.3 is 4.90 Å². The molecular weight excluding hydrogens is 422 g/mol. The van der Waals surface area contributed by atoms with Gasteiger partial charge in [-0.2, -0.15) is 0 Å². The molecule has 1 aromatic heterocycles. The van der Waals surface area contributed by atoms with Crippen molar-refractivity contribution in [2.75, 3.05) is 11.4 Å². The third kappa shape index (κ3) is 3.23. The van der Waals surface area contributed by atoms with Crippen molar-refractivity contribution in [1.82, 2.24) is 14.6 Å². The van der Waals surface area contributed by atoms with E-state index in [2.05, 4.69) is 21.6 Å². The molecule has 10 heteroatoms. The van der Waals surface area contributed by atoms with Crippen molar-refractivity contribution in [3.8, 4) is 0 Å². The molecule has 1 amide bonds. The number of aromatic nitrogens is 1. The first-order chi connectivity index (χ1) is 14.2. The lowest BCUT2D eigenvalue weighted by Gasteiger charge is -2.38. The van der Waals surface area contributed by atoms with Gasteiger partial charge in [0.15, 0.2) is 0 Å². The second-order valence-corrected chi connectivity index (χ2v) is 11.1. The van der Waals surface area contributed by atoms with Crippen LogP contribution in [0.3, 0.4) is 0 Å². The van der Waals surface area contributed by atoms with Gasteiger partial charge in [0, 0.05) is 10.9 Å². The number of amides is 1. The molecule has 8 nitrogen and oxygen atoms in total. The minimum atomic E-state index is -3.65. The number of nitrogens with one attached hydrogen (secondary N) is 1. The van der Waals surface area contributed by atoms with Crippen LogP contribution in [0.25, 0.3) is 0 Å². The average Bonchev–Trinajstić information content (AvgIpc) is 3.32. The standard InChI is InChI=1S/C20H23N5O3S2/c1-11-9-21-20-24(10-18-12(2)22-13(3)29-18)19(26)16-8-15(6-7-17(16)25(11)20)30(27,28)23-14-4-5-14/h6-8,11,14,23H,4-5,9-10H2,1-3H3. The number of hydrogen-bond donors (Lipinski definition) is 1. The zero-order chi connectivity index (χ0) is 21.2. The van der Waals surface area contributed by atoms with Crippen molar-refractivity contribution in [2.45, 2.75) is 57.1 Å². The molecule has 1 aliphatic carbocycles. The summed E-state index contributed by atoms with van der Waals surface area (Å²) in [4.78, 5) is 27.4. The average molecular weight is 446 g/mol. The fourth-order valence-electron chi connectivity index (χ4n) is 3.92. The summed E-state index contributed by atoms with van der Waals surface area (Å²) in [6.45, 7) is 6.89. The van der Waals surface area contributed by atoms with Crippen LogP contribution in [0, 0.1) is 13.8 Å². The van der Waals surface area contributed by atoms with Crippen LogP contribution < -0.4 is 9.62 Å². The molecule has 3 aliphatic rings. The van der Waals surface area contributed by atoms with Gasteiger partial charge in [-0.05, 0) is 51.8 Å². The van der Waals surface area contributed by atoms with Gasteiger partial charge in [-0.15, -0.1) is 11.3 Å². The monoisotopic (exact) mass is 445 g/mol. The molecule has 5 rings (SSSR count). The first-order valence-corrected chi connectivity index (χ1v) is 12.3. The minimum absolute atomic E-state index is 0.00751. The number of rotatable bonds is 5. The Morgan fingerprint density at radius 1 is 1.27 bits per heavy atom. The molecular formula is C20H23N5O3S2. The Bertz CT molecular complexity index is 1180. The van der Waals surface area contributed by atoms with Crippen molar-refractivity contribution in [3.05, 3.63) is 39.3 Å². The number of aryl methyl sites for hydroxylation is 2. The lowest BCUT2D eigenvalue weighted by Crippen LogP contribution is -2.52. The summed E-state index contributed by atoms with van der Waals surface area (Å²) >= 11 is 1.56. The molecule has 3 heterocycles. The van der Waals surface area contributed by atoms with Crippen LogP contribution in [0.4, 0.5) is 5.69 Å². The Balaban J connectivity index is 1.56. The quantitative estimate of drug-likeness (QED) is 0.763. The maximum absolute atomic E-state index is 13.5. The number of sulfonamides is 1. The summed E-state index contributed by atoms with van der Waals surface area (Å²) in [7, 11) is -3.65. The first kappa shape index (κ1) is 19.7. The normalized spacial score (nSPS) is 21.0. The Morgan fingerprint density at radius 3 is 2.70 bits per heavy atom. The number of thiazole rings is 1. The van der Waals surface area contributed by atoms with E-state index in [1.54, 1.807) is 28.4 Å². The summed E-state index contributed by atoms with van der Waals surface area (Å²) < 4.78 is 28.1. The van der Waals surface area contributed by atoms with Crippen molar-refractivity contribution in [2.24, 2.45) is 4.99 Å². The molecule has 1 N–H and O–H groups in total. The molecule has 1 aromatic carbocycles. The zero-order valence-electron chi connectivity index (χ0n) is 17.0. The molecule has 0 bridgehead atoms. The van der Waals surface area contributed by atoms with Gasteiger partial charge in [0.05, 0.1) is 46.0 Å². The van der Waals surface area contributed by atoms with E-state index >= 15 is 0 Å². The van der Waals surface area contributed by atoms with E-state index in [9.17, 15) is 13.2 Å². The van der Waals surface area contributed by atoms with Crippen LogP contribution in [0.1, 0.15) is 45.7 Å². The maximum Gasteiger partial charge on any atom is 0.263 e. The second-order valence-electron chi connectivity index (χ2n) is 8.07. The van der Waals surface area contributed by atoms with Crippen molar-refractivity contribution >= 4 is 38.9 Å². The number of hydrogen-bond acceptors (Lipinski definition) is 7. The molecule has 30 heavy (non-hydrogen) atoms. The molecule has 0 radical (unpaired) electrons. The van der Waals surface area contributed by atoms with Crippen LogP contribution >= 0.6 is 11.3 Å². The highest BCUT2D eigenvalue weighted by Gasteiger charge is 2.41. The number of benzene rings is 1. The Labute approximate surface area is 179 Å². The Kier molecular flexibility index (Phi) is 4.49. The van der Waals surface area contributed by atoms with Crippen LogP contribution in [-0.4, -0.2) is 48.8 Å². The molecule has 2 aliphatic heterocycles. The van der Waals surface area contributed by atoms with Crippen molar-refractivity contribution in [3.63, 3.8) is 0 Å². The fraction of sp³-hybridized carbons (Fsp3) is 0.450. The molecule has 0 saturated heterocycles. The minimum Gasteiger partial charge on any atom is -0.307 e. The fourth-order valence-corrected chi connectivity index (χ4v) is 6.18. The van der Waals surface area contributed by atoms with Gasteiger partial charge in [0.1, 0.15) is 0 Å². The van der Waals surface area contributed by atoms with Crippen LogP contribution in [-0.2, 0) is 16.6 Å². The summed E-state index contributed by atoms with van der Waals surface area (Å²) in [5, 5.41) is 0.950. The number of fused-ring (bicyclic) bond motifs is 3. The summed E-state index contributed by atoms with van der Waals surface area (Å²) in [6.07, 6.45) is 1.71. The lowest BCUT2D eigenvalue weighted by atomic mass is 10.1. The zero-order valence-corrected chi connectivity index (χ0v) is 18.7. The molecule has 158 valence electrons. The van der Waals surface area contributed by atoms with Gasteiger partial charge in [0.25, 0.3) is 5.91 Å². The first-order valence-electron chi connectivity index (χ1n) is 9.99. The van der Waals surface area contributed by atoms with Gasteiger partial charge >= 0.3 is 0 Å². The van der Waals surface area contributed by atoms with Crippen molar-refractivity contribution < 1.29 is 13.2 Å². The third-order valence-corrected chi connectivity index (χ3v) is 8.18. The molecule has 1 fully saturated rings. The summed E-state index contributed by atoms with van der Waals surface area (Å²) in [6, 6.07) is 4.90. The van der Waals surface area contributed by atoms with Crippen LogP contribution in [0.2, 0.25) is 0 Å². The second kappa shape index (κ2) is 6.86. The Morgan fingerprint density at radius 2 is 2.03 bits per heavy atom. The molecule has 1 atom stereocenters. The predicted octanol–water partition coefficient (Wildman–Crippen LogP) is 2.42. The van der Waals surface area contributed by atoms with E-state index in [0.717, 1.165) is 28.4 Å². The highest BCUT2D eigenvalue weighted by Crippen LogP contribution is 2.36. The third-order valence-electron chi connectivity index (χ3n) is 5.61. The number of carbonyl (C=O) groups excluding carboxylic acids is 1. The Hall–Kier alpha value is -2.30. The number of guanidine groups is 1. The number of anilines is 1. The molecule has 2 aromatic rings. The maximum atomic E-state index is 13.5. The van der Waals surface area contributed by atoms with Crippen LogP contribution in [0.15, 0.2) is 28.1 Å². The molecule has 1 saturated carbocycles. The van der Waals surface area contributed by atoms with E-state index in [1.807, 2.05) is 18.7 Å². The largest absolute Gasteiger partial charge is 0.307 e. The van der Waals surface area contributed by atoms with Crippen LogP contribution in [0.5, 0.6) is 0 Å². The van der Waals surface area contributed by atoms with Gasteiger partial charge in [-0.25, -0.2) is 18.1 Å². The number of carbonyl (C=O) groups is 1. The van der Waals surface area contributed by atoms with Gasteiger partial charge in [0.2, 0.25) is 16.0 Å². The molecule has 1 unspecified atom stereocenters. The number of nitrogens with zero attached hydrogens (tertiary/aromatic N) is 4. The summed E-state index contributed by atoms with van der Waals surface area (Å²) in [5.74, 6) is 0.389. The predicted molar refractivity (Wildman–Crippen MR) is 115 cm³/mol. The van der Waals surface area contributed by atoms with E-state index in [0.29, 0.717) is 30.3 Å². The van der Waals surface area contributed by atoms with E-state index < -0.39 is 10.0 Å².